The highest BCUT2D eigenvalue weighted by Crippen LogP contribution is 2.10. The van der Waals surface area contributed by atoms with E-state index < -0.39 is 0 Å². The van der Waals surface area contributed by atoms with Gasteiger partial charge < -0.3 is 5.32 Å². The highest BCUT2D eigenvalue weighted by Gasteiger charge is 2.09. The van der Waals surface area contributed by atoms with Gasteiger partial charge in [0.15, 0.2) is 0 Å². The quantitative estimate of drug-likeness (QED) is 0.833. The third-order valence-electron chi connectivity index (χ3n) is 4.08. The number of benzene rings is 2. The number of halogens is 1. The smallest absolute Gasteiger partial charge is 0.251 e. The average Bonchev–Trinajstić information content (AvgIpc) is 2.58. The van der Waals surface area contributed by atoms with Crippen molar-refractivity contribution in [1.29, 1.82) is 0 Å². The minimum absolute atomic E-state index is 0.151. The van der Waals surface area contributed by atoms with Gasteiger partial charge in [0, 0.05) is 24.7 Å². The van der Waals surface area contributed by atoms with Gasteiger partial charge in [0.25, 0.3) is 5.91 Å². The SMILES string of the molecule is CCN(Cc1ccc(C(=O)NCc2cccc(F)c2)cc1)C(C)C. The van der Waals surface area contributed by atoms with Gasteiger partial charge in [-0.15, -0.1) is 0 Å². The number of carbonyl (C=O) groups excluding carboxylic acids is 1. The molecule has 0 unspecified atom stereocenters. The molecule has 0 fully saturated rings. The van der Waals surface area contributed by atoms with Gasteiger partial charge in [-0.3, -0.25) is 9.69 Å². The first-order valence-corrected chi connectivity index (χ1v) is 8.35. The molecule has 0 aliphatic heterocycles. The van der Waals surface area contributed by atoms with Crippen LogP contribution in [0.5, 0.6) is 0 Å². The average molecular weight is 328 g/mol. The Morgan fingerprint density at radius 1 is 1.12 bits per heavy atom. The molecule has 0 heterocycles. The first kappa shape index (κ1) is 18.1. The Labute approximate surface area is 143 Å². The van der Waals surface area contributed by atoms with Crippen LogP contribution in [-0.4, -0.2) is 23.4 Å². The predicted octanol–water partition coefficient (Wildman–Crippen LogP) is 3.99. The monoisotopic (exact) mass is 328 g/mol. The summed E-state index contributed by atoms with van der Waals surface area (Å²) >= 11 is 0. The molecule has 0 atom stereocenters. The molecule has 2 aromatic carbocycles. The number of carbonyl (C=O) groups is 1. The molecule has 0 aliphatic rings. The summed E-state index contributed by atoms with van der Waals surface area (Å²) in [4.78, 5) is 14.5. The second-order valence-electron chi connectivity index (χ2n) is 6.17. The standard InChI is InChI=1S/C20H25FN2O/c1-4-23(15(2)3)14-16-8-10-18(11-9-16)20(24)22-13-17-6-5-7-19(21)12-17/h5-12,15H,4,13-14H2,1-3H3,(H,22,24). The molecule has 2 aromatic rings. The van der Waals surface area contributed by atoms with Gasteiger partial charge >= 0.3 is 0 Å². The van der Waals surface area contributed by atoms with Crippen LogP contribution < -0.4 is 5.32 Å². The molecule has 1 N–H and O–H groups in total. The summed E-state index contributed by atoms with van der Waals surface area (Å²) < 4.78 is 13.1. The van der Waals surface area contributed by atoms with E-state index in [1.807, 2.05) is 24.3 Å². The molecule has 0 aromatic heterocycles. The molecule has 0 bridgehead atoms. The summed E-state index contributed by atoms with van der Waals surface area (Å²) in [6, 6.07) is 14.4. The van der Waals surface area contributed by atoms with Crippen LogP contribution in [0, 0.1) is 5.82 Å². The Hall–Kier alpha value is -2.20. The Morgan fingerprint density at radius 3 is 2.42 bits per heavy atom. The van der Waals surface area contributed by atoms with Crippen LogP contribution >= 0.6 is 0 Å². The second-order valence-corrected chi connectivity index (χ2v) is 6.17. The minimum atomic E-state index is -0.295. The van der Waals surface area contributed by atoms with Gasteiger partial charge in [-0.25, -0.2) is 4.39 Å². The minimum Gasteiger partial charge on any atom is -0.348 e. The van der Waals surface area contributed by atoms with Crippen LogP contribution in [0.25, 0.3) is 0 Å². The third-order valence-corrected chi connectivity index (χ3v) is 4.08. The lowest BCUT2D eigenvalue weighted by Gasteiger charge is -2.24. The fraction of sp³-hybridized carbons (Fsp3) is 0.350. The van der Waals surface area contributed by atoms with Gasteiger partial charge in [0.2, 0.25) is 0 Å². The Kier molecular flexibility index (Phi) is 6.50. The van der Waals surface area contributed by atoms with Gasteiger partial charge in [-0.1, -0.05) is 31.2 Å². The molecule has 0 radical (unpaired) electrons. The first-order chi connectivity index (χ1) is 11.5. The molecule has 0 saturated carbocycles. The lowest BCUT2D eigenvalue weighted by atomic mass is 10.1. The van der Waals surface area contributed by atoms with Crippen LogP contribution in [-0.2, 0) is 13.1 Å². The zero-order valence-electron chi connectivity index (χ0n) is 14.6. The summed E-state index contributed by atoms with van der Waals surface area (Å²) in [6.07, 6.45) is 0. The highest BCUT2D eigenvalue weighted by atomic mass is 19.1. The molecule has 0 saturated heterocycles. The van der Waals surface area contributed by atoms with Crippen LogP contribution in [0.2, 0.25) is 0 Å². The number of nitrogens with zero attached hydrogens (tertiary/aromatic N) is 1. The van der Waals surface area contributed by atoms with Crippen molar-refractivity contribution in [2.24, 2.45) is 0 Å². The molecule has 3 nitrogen and oxygen atoms in total. The number of amides is 1. The number of hydrogen-bond acceptors (Lipinski definition) is 2. The lowest BCUT2D eigenvalue weighted by molar-refractivity contribution is 0.0951. The van der Waals surface area contributed by atoms with E-state index in [0.717, 1.165) is 18.7 Å². The summed E-state index contributed by atoms with van der Waals surface area (Å²) in [5.41, 5.74) is 2.55. The van der Waals surface area contributed by atoms with Crippen molar-refractivity contribution in [2.45, 2.75) is 39.9 Å². The fourth-order valence-electron chi connectivity index (χ4n) is 2.59. The number of rotatable bonds is 7. The number of nitrogens with one attached hydrogen (secondary N) is 1. The maximum absolute atomic E-state index is 13.1. The Balaban J connectivity index is 1.93. The molecular formula is C20H25FN2O. The fourth-order valence-corrected chi connectivity index (χ4v) is 2.59. The highest BCUT2D eigenvalue weighted by molar-refractivity contribution is 5.94. The summed E-state index contributed by atoms with van der Waals surface area (Å²) in [7, 11) is 0. The molecule has 1 amide bonds. The van der Waals surface area contributed by atoms with Crippen LogP contribution in [0.4, 0.5) is 4.39 Å². The summed E-state index contributed by atoms with van der Waals surface area (Å²) in [5, 5.41) is 2.82. The van der Waals surface area contributed by atoms with Crippen molar-refractivity contribution in [2.75, 3.05) is 6.54 Å². The number of hydrogen-bond donors (Lipinski definition) is 1. The Bertz CT molecular complexity index is 668. The van der Waals surface area contributed by atoms with E-state index in [9.17, 15) is 9.18 Å². The van der Waals surface area contributed by atoms with E-state index in [0.29, 0.717) is 18.2 Å². The van der Waals surface area contributed by atoms with Crippen LogP contribution in [0.1, 0.15) is 42.3 Å². The molecule has 0 spiro atoms. The molecule has 24 heavy (non-hydrogen) atoms. The van der Waals surface area contributed by atoms with Crippen molar-refractivity contribution in [1.82, 2.24) is 10.2 Å². The maximum Gasteiger partial charge on any atom is 0.251 e. The normalized spacial score (nSPS) is 11.1. The summed E-state index contributed by atoms with van der Waals surface area (Å²) in [6.45, 7) is 8.69. The van der Waals surface area contributed by atoms with Crippen molar-refractivity contribution >= 4 is 5.91 Å². The molecule has 2 rings (SSSR count). The zero-order valence-corrected chi connectivity index (χ0v) is 14.6. The van der Waals surface area contributed by atoms with Crippen molar-refractivity contribution in [3.63, 3.8) is 0 Å². The molecule has 4 heteroatoms. The van der Waals surface area contributed by atoms with Crippen molar-refractivity contribution < 1.29 is 9.18 Å². The van der Waals surface area contributed by atoms with Gasteiger partial charge in [0.05, 0.1) is 0 Å². The maximum atomic E-state index is 13.1. The van der Waals surface area contributed by atoms with Crippen molar-refractivity contribution in [3.05, 3.63) is 71.0 Å². The van der Waals surface area contributed by atoms with Crippen LogP contribution in [0.3, 0.4) is 0 Å². The van der Waals surface area contributed by atoms with Gasteiger partial charge in [-0.2, -0.15) is 0 Å². The largest absolute Gasteiger partial charge is 0.348 e. The van der Waals surface area contributed by atoms with E-state index in [1.54, 1.807) is 12.1 Å². The van der Waals surface area contributed by atoms with Crippen molar-refractivity contribution in [3.8, 4) is 0 Å². The lowest BCUT2D eigenvalue weighted by Crippen LogP contribution is -2.30. The molecule has 0 aliphatic carbocycles. The van der Waals surface area contributed by atoms with E-state index in [2.05, 4.69) is 31.0 Å². The predicted molar refractivity (Wildman–Crippen MR) is 95.2 cm³/mol. The van der Waals surface area contributed by atoms with E-state index >= 15 is 0 Å². The van der Waals surface area contributed by atoms with Crippen LogP contribution in [0.15, 0.2) is 48.5 Å². The second kappa shape index (κ2) is 8.60. The molecular weight excluding hydrogens is 303 g/mol. The van der Waals surface area contributed by atoms with Gasteiger partial charge in [0.1, 0.15) is 5.82 Å². The third kappa shape index (κ3) is 5.17. The van der Waals surface area contributed by atoms with Gasteiger partial charge in [-0.05, 0) is 55.8 Å². The summed E-state index contributed by atoms with van der Waals surface area (Å²) in [5.74, 6) is -0.446. The zero-order chi connectivity index (χ0) is 17.5. The molecule has 128 valence electrons. The first-order valence-electron chi connectivity index (χ1n) is 8.35. The van der Waals surface area contributed by atoms with E-state index in [1.165, 1.54) is 17.7 Å². The van der Waals surface area contributed by atoms with E-state index in [4.69, 9.17) is 0 Å². The Morgan fingerprint density at radius 2 is 1.83 bits per heavy atom. The topological polar surface area (TPSA) is 32.3 Å². The van der Waals surface area contributed by atoms with E-state index in [-0.39, 0.29) is 11.7 Å².